The lowest BCUT2D eigenvalue weighted by atomic mass is 10.2. The van der Waals surface area contributed by atoms with Crippen molar-refractivity contribution in [2.45, 2.75) is 49.6 Å². The van der Waals surface area contributed by atoms with Gasteiger partial charge in [0, 0.05) is 19.1 Å². The van der Waals surface area contributed by atoms with E-state index in [1.807, 2.05) is 0 Å². The summed E-state index contributed by atoms with van der Waals surface area (Å²) in [7, 11) is -2.45. The average Bonchev–Trinajstić information content (AvgIpc) is 3.27. The van der Waals surface area contributed by atoms with Gasteiger partial charge in [0.2, 0.25) is 10.0 Å². The van der Waals surface area contributed by atoms with Gasteiger partial charge in [0.15, 0.2) is 6.10 Å². The third-order valence-electron chi connectivity index (χ3n) is 4.64. The predicted octanol–water partition coefficient (Wildman–Crippen LogP) is 1.30. The third kappa shape index (κ3) is 4.59. The van der Waals surface area contributed by atoms with Gasteiger partial charge in [-0.3, -0.25) is 4.79 Å². The second kappa shape index (κ2) is 7.85. The lowest BCUT2D eigenvalue weighted by Gasteiger charge is -2.20. The number of hydrogen-bond acceptors (Lipinski definition) is 6. The monoisotopic (exact) mass is 396 g/mol. The fraction of sp³-hybridized carbons (Fsp3) is 0.556. The fourth-order valence-electron chi connectivity index (χ4n) is 2.97. The van der Waals surface area contributed by atoms with E-state index in [0.29, 0.717) is 13.1 Å². The topological polar surface area (TPSA) is 102 Å². The van der Waals surface area contributed by atoms with Crippen LogP contribution in [-0.4, -0.2) is 57.5 Å². The van der Waals surface area contributed by atoms with Gasteiger partial charge in [0.1, 0.15) is 10.6 Å². The molecule has 0 spiro atoms. The number of carbonyl (C=O) groups excluding carboxylic acids is 2. The van der Waals surface area contributed by atoms with Gasteiger partial charge in [-0.2, -0.15) is 0 Å². The molecule has 1 heterocycles. The Hall–Kier alpha value is -2.13. The van der Waals surface area contributed by atoms with Crippen molar-refractivity contribution in [3.8, 4) is 5.75 Å². The van der Waals surface area contributed by atoms with Crippen LogP contribution < -0.4 is 9.46 Å². The molecule has 1 aromatic carbocycles. The number of methoxy groups -OCH3 is 1. The SMILES string of the molecule is COc1ccc(C(=O)OC(C)C(=O)N2CCCC2)cc1S(=O)(=O)NC1CC1. The Balaban J connectivity index is 1.76. The number of benzene rings is 1. The second-order valence-electron chi connectivity index (χ2n) is 6.84. The molecule has 1 N–H and O–H groups in total. The number of esters is 1. The molecule has 148 valence electrons. The molecule has 1 aliphatic heterocycles. The molecule has 3 rings (SSSR count). The van der Waals surface area contributed by atoms with Crippen LogP contribution in [-0.2, 0) is 19.6 Å². The van der Waals surface area contributed by atoms with Gasteiger partial charge in [-0.05, 0) is 50.8 Å². The largest absolute Gasteiger partial charge is 0.495 e. The molecular weight excluding hydrogens is 372 g/mol. The predicted molar refractivity (Wildman–Crippen MR) is 97.0 cm³/mol. The maximum atomic E-state index is 12.5. The zero-order valence-corrected chi connectivity index (χ0v) is 16.3. The first kappa shape index (κ1) is 19.6. The summed E-state index contributed by atoms with van der Waals surface area (Å²) in [6, 6.07) is 3.97. The Labute approximate surface area is 158 Å². The van der Waals surface area contributed by atoms with E-state index in [0.717, 1.165) is 25.7 Å². The molecule has 1 unspecified atom stereocenters. The van der Waals surface area contributed by atoms with E-state index >= 15 is 0 Å². The molecule has 1 saturated carbocycles. The maximum absolute atomic E-state index is 12.5. The van der Waals surface area contributed by atoms with Gasteiger partial charge in [0.05, 0.1) is 12.7 Å². The molecule has 0 aromatic heterocycles. The van der Waals surface area contributed by atoms with Crippen molar-refractivity contribution in [2.24, 2.45) is 0 Å². The number of hydrogen-bond donors (Lipinski definition) is 1. The van der Waals surface area contributed by atoms with Crippen LogP contribution >= 0.6 is 0 Å². The minimum atomic E-state index is -3.81. The molecule has 0 radical (unpaired) electrons. The average molecular weight is 396 g/mol. The Bertz CT molecular complexity index is 828. The van der Waals surface area contributed by atoms with Crippen LogP contribution in [0.5, 0.6) is 5.75 Å². The van der Waals surface area contributed by atoms with Gasteiger partial charge in [0.25, 0.3) is 5.91 Å². The molecule has 1 aromatic rings. The zero-order chi connectivity index (χ0) is 19.6. The lowest BCUT2D eigenvalue weighted by Crippen LogP contribution is -2.38. The molecule has 1 atom stereocenters. The quantitative estimate of drug-likeness (QED) is 0.697. The first-order chi connectivity index (χ1) is 12.8. The molecule has 1 amide bonds. The van der Waals surface area contributed by atoms with Crippen LogP contribution in [0.3, 0.4) is 0 Å². The Morgan fingerprint density at radius 3 is 2.48 bits per heavy atom. The highest BCUT2D eigenvalue weighted by Crippen LogP contribution is 2.28. The van der Waals surface area contributed by atoms with Crippen molar-refractivity contribution >= 4 is 21.9 Å². The van der Waals surface area contributed by atoms with E-state index in [2.05, 4.69) is 4.72 Å². The summed E-state index contributed by atoms with van der Waals surface area (Å²) in [4.78, 5) is 26.3. The van der Waals surface area contributed by atoms with Crippen molar-refractivity contribution in [3.63, 3.8) is 0 Å². The number of nitrogens with one attached hydrogen (secondary N) is 1. The lowest BCUT2D eigenvalue weighted by molar-refractivity contribution is -0.138. The van der Waals surface area contributed by atoms with Crippen molar-refractivity contribution in [1.29, 1.82) is 0 Å². The normalized spacial score (nSPS) is 18.2. The summed E-state index contributed by atoms with van der Waals surface area (Å²) in [6.45, 7) is 2.85. The molecule has 0 bridgehead atoms. The molecule has 1 saturated heterocycles. The number of nitrogens with zero attached hydrogens (tertiary/aromatic N) is 1. The van der Waals surface area contributed by atoms with Gasteiger partial charge in [-0.15, -0.1) is 0 Å². The van der Waals surface area contributed by atoms with Gasteiger partial charge >= 0.3 is 5.97 Å². The molecular formula is C18H24N2O6S. The van der Waals surface area contributed by atoms with Crippen molar-refractivity contribution in [1.82, 2.24) is 9.62 Å². The number of likely N-dealkylation sites (tertiary alicyclic amines) is 1. The summed E-state index contributed by atoms with van der Waals surface area (Å²) >= 11 is 0. The molecule has 27 heavy (non-hydrogen) atoms. The molecule has 2 fully saturated rings. The van der Waals surface area contributed by atoms with Crippen LogP contribution in [0.25, 0.3) is 0 Å². The van der Waals surface area contributed by atoms with Crippen molar-refractivity contribution < 1.29 is 27.5 Å². The van der Waals surface area contributed by atoms with E-state index in [1.165, 1.54) is 32.2 Å². The van der Waals surface area contributed by atoms with Crippen molar-refractivity contribution in [3.05, 3.63) is 23.8 Å². The smallest absolute Gasteiger partial charge is 0.338 e. The van der Waals surface area contributed by atoms with Crippen LogP contribution in [0, 0.1) is 0 Å². The molecule has 1 aliphatic carbocycles. The summed E-state index contributed by atoms with van der Waals surface area (Å²) < 4.78 is 38.0. The number of amides is 1. The maximum Gasteiger partial charge on any atom is 0.338 e. The highest BCUT2D eigenvalue weighted by Gasteiger charge is 2.31. The minimum absolute atomic E-state index is 0.0491. The number of ether oxygens (including phenoxy) is 2. The van der Waals surface area contributed by atoms with Crippen LogP contribution in [0.15, 0.2) is 23.1 Å². The minimum Gasteiger partial charge on any atom is -0.495 e. The van der Waals surface area contributed by atoms with Crippen LogP contribution in [0.1, 0.15) is 43.0 Å². The van der Waals surface area contributed by atoms with E-state index in [9.17, 15) is 18.0 Å². The Morgan fingerprint density at radius 1 is 1.22 bits per heavy atom. The highest BCUT2D eigenvalue weighted by molar-refractivity contribution is 7.89. The van der Waals surface area contributed by atoms with E-state index in [1.54, 1.807) is 4.90 Å². The summed E-state index contributed by atoms with van der Waals surface area (Å²) in [5.74, 6) is -0.848. The number of sulfonamides is 1. The molecule has 2 aliphatic rings. The van der Waals surface area contributed by atoms with E-state index in [4.69, 9.17) is 9.47 Å². The molecule has 9 heteroatoms. The van der Waals surface area contributed by atoms with E-state index in [-0.39, 0.29) is 28.2 Å². The molecule has 8 nitrogen and oxygen atoms in total. The zero-order valence-electron chi connectivity index (χ0n) is 15.4. The Morgan fingerprint density at radius 2 is 1.89 bits per heavy atom. The fourth-order valence-corrected chi connectivity index (χ4v) is 4.47. The standard InChI is InChI=1S/C18H24N2O6S/c1-12(17(21)20-9-3-4-10-20)26-18(22)13-5-8-15(25-2)16(11-13)27(23,24)19-14-6-7-14/h5,8,11-12,14,19H,3-4,6-7,9-10H2,1-2H3. The number of rotatable bonds is 7. The van der Waals surface area contributed by atoms with Crippen molar-refractivity contribution in [2.75, 3.05) is 20.2 Å². The Kier molecular flexibility index (Phi) is 5.71. The highest BCUT2D eigenvalue weighted by atomic mass is 32.2. The number of carbonyl (C=O) groups is 2. The van der Waals surface area contributed by atoms with Gasteiger partial charge in [-0.25, -0.2) is 17.9 Å². The van der Waals surface area contributed by atoms with Gasteiger partial charge < -0.3 is 14.4 Å². The summed E-state index contributed by atoms with van der Waals surface area (Å²) in [5, 5.41) is 0. The first-order valence-corrected chi connectivity index (χ1v) is 10.5. The summed E-state index contributed by atoms with van der Waals surface area (Å²) in [6.07, 6.45) is 2.54. The van der Waals surface area contributed by atoms with E-state index < -0.39 is 22.1 Å². The van der Waals surface area contributed by atoms with Crippen LogP contribution in [0.2, 0.25) is 0 Å². The third-order valence-corrected chi connectivity index (χ3v) is 6.18. The van der Waals surface area contributed by atoms with Crippen LogP contribution in [0.4, 0.5) is 0 Å². The summed E-state index contributed by atoms with van der Waals surface area (Å²) in [5.41, 5.74) is 0.0491. The second-order valence-corrected chi connectivity index (χ2v) is 8.52. The van der Waals surface area contributed by atoms with Gasteiger partial charge in [-0.1, -0.05) is 0 Å². The first-order valence-electron chi connectivity index (χ1n) is 9.02.